The number of aliphatic hydroxyl groups is 1. The molecule has 0 bridgehead atoms. The van der Waals surface area contributed by atoms with E-state index in [2.05, 4.69) is 0 Å². The van der Waals surface area contributed by atoms with Crippen molar-refractivity contribution in [1.29, 1.82) is 0 Å². The Labute approximate surface area is 99.1 Å². The summed E-state index contributed by atoms with van der Waals surface area (Å²) in [6.45, 7) is 1.71. The fraction of sp³-hybridized carbons (Fsp3) is 0.364. The number of carboxylic acids is 1. The molecule has 0 amide bonds. The number of hydrogen-bond donors (Lipinski definition) is 2. The summed E-state index contributed by atoms with van der Waals surface area (Å²) >= 11 is 5.83. The lowest BCUT2D eigenvalue weighted by Crippen LogP contribution is -2.35. The molecule has 0 saturated heterocycles. The van der Waals surface area contributed by atoms with E-state index in [1.54, 1.807) is 36.1 Å². The number of halogens is 1. The van der Waals surface area contributed by atoms with Crippen LogP contribution in [-0.2, 0) is 4.79 Å². The summed E-state index contributed by atoms with van der Waals surface area (Å²) in [5.41, 5.74) is 0.691. The molecule has 1 unspecified atom stereocenters. The highest BCUT2D eigenvalue weighted by Crippen LogP contribution is 2.19. The van der Waals surface area contributed by atoms with Gasteiger partial charge in [0.25, 0.3) is 0 Å². The number of anilines is 1. The predicted octanol–water partition coefficient (Wildman–Crippen LogP) is 1.61. The molecule has 1 atom stereocenters. The largest absolute Gasteiger partial charge is 0.480 e. The molecule has 0 aliphatic carbocycles. The first-order valence-electron chi connectivity index (χ1n) is 4.89. The number of carbonyl (C=O) groups is 1. The number of nitrogens with zero attached hydrogens (tertiary/aromatic N) is 1. The lowest BCUT2D eigenvalue weighted by atomic mass is 10.2. The maximum Gasteiger partial charge on any atom is 0.323 e. The number of hydrogen-bond acceptors (Lipinski definition) is 3. The lowest BCUT2D eigenvalue weighted by molar-refractivity contribution is -0.135. The van der Waals surface area contributed by atoms with E-state index >= 15 is 0 Å². The van der Waals surface area contributed by atoms with Crippen LogP contribution in [0.1, 0.15) is 6.92 Å². The first-order chi connectivity index (χ1) is 7.49. The molecular weight excluding hydrogens is 230 g/mol. The number of carboxylic acid groups (broad SMARTS) is 1. The van der Waals surface area contributed by atoms with Crippen molar-refractivity contribution in [1.82, 2.24) is 0 Å². The average Bonchev–Trinajstić information content (AvgIpc) is 2.15. The molecule has 5 heteroatoms. The molecule has 1 rings (SSSR count). The van der Waals surface area contributed by atoms with E-state index in [-0.39, 0.29) is 13.1 Å². The van der Waals surface area contributed by atoms with Crippen LogP contribution in [-0.4, -0.2) is 35.4 Å². The van der Waals surface area contributed by atoms with Crippen LogP contribution in [0.2, 0.25) is 5.02 Å². The molecule has 88 valence electrons. The van der Waals surface area contributed by atoms with Crippen molar-refractivity contribution in [2.75, 3.05) is 18.0 Å². The topological polar surface area (TPSA) is 60.8 Å². The molecule has 1 aromatic rings. The summed E-state index contributed by atoms with van der Waals surface area (Å²) in [6.07, 6.45) is -0.599. The third-order valence-corrected chi connectivity index (χ3v) is 2.22. The minimum absolute atomic E-state index is 0.161. The average molecular weight is 244 g/mol. The van der Waals surface area contributed by atoms with Crippen LogP contribution >= 0.6 is 11.6 Å². The Balaban J connectivity index is 2.86. The van der Waals surface area contributed by atoms with Crippen molar-refractivity contribution < 1.29 is 15.0 Å². The van der Waals surface area contributed by atoms with Gasteiger partial charge in [-0.15, -0.1) is 0 Å². The summed E-state index contributed by atoms with van der Waals surface area (Å²) < 4.78 is 0. The second kappa shape index (κ2) is 5.72. The maximum atomic E-state index is 10.7. The first kappa shape index (κ1) is 12.8. The van der Waals surface area contributed by atoms with Gasteiger partial charge in [0.2, 0.25) is 0 Å². The van der Waals surface area contributed by atoms with Gasteiger partial charge in [-0.3, -0.25) is 4.79 Å². The first-order valence-corrected chi connectivity index (χ1v) is 5.27. The zero-order valence-corrected chi connectivity index (χ0v) is 9.68. The van der Waals surface area contributed by atoms with Gasteiger partial charge in [0, 0.05) is 17.3 Å². The van der Waals surface area contributed by atoms with Crippen molar-refractivity contribution in [2.45, 2.75) is 13.0 Å². The Morgan fingerprint density at radius 2 is 2.25 bits per heavy atom. The Morgan fingerprint density at radius 1 is 1.56 bits per heavy atom. The highest BCUT2D eigenvalue weighted by molar-refractivity contribution is 6.30. The highest BCUT2D eigenvalue weighted by Gasteiger charge is 2.13. The fourth-order valence-corrected chi connectivity index (χ4v) is 1.60. The van der Waals surface area contributed by atoms with Crippen LogP contribution in [0.5, 0.6) is 0 Å². The maximum absolute atomic E-state index is 10.7. The predicted molar refractivity (Wildman–Crippen MR) is 63.0 cm³/mol. The van der Waals surface area contributed by atoms with E-state index < -0.39 is 12.1 Å². The van der Waals surface area contributed by atoms with Gasteiger partial charge in [-0.2, -0.15) is 0 Å². The summed E-state index contributed by atoms with van der Waals surface area (Å²) in [6, 6.07) is 6.89. The summed E-state index contributed by atoms with van der Waals surface area (Å²) in [7, 11) is 0. The summed E-state index contributed by atoms with van der Waals surface area (Å²) in [4.78, 5) is 12.3. The third kappa shape index (κ3) is 4.08. The van der Waals surface area contributed by atoms with Gasteiger partial charge in [-0.05, 0) is 25.1 Å². The van der Waals surface area contributed by atoms with Crippen LogP contribution in [0.25, 0.3) is 0 Å². The van der Waals surface area contributed by atoms with Gasteiger partial charge >= 0.3 is 5.97 Å². The molecule has 0 fully saturated rings. The number of aliphatic carboxylic acids is 1. The quantitative estimate of drug-likeness (QED) is 0.825. The molecule has 16 heavy (non-hydrogen) atoms. The van der Waals surface area contributed by atoms with Crippen molar-refractivity contribution in [3.63, 3.8) is 0 Å². The number of benzene rings is 1. The van der Waals surface area contributed by atoms with Gasteiger partial charge in [0.05, 0.1) is 6.10 Å². The van der Waals surface area contributed by atoms with Crippen LogP contribution in [0, 0.1) is 0 Å². The molecule has 0 aliphatic heterocycles. The van der Waals surface area contributed by atoms with E-state index in [1.165, 1.54) is 0 Å². The van der Waals surface area contributed by atoms with E-state index in [9.17, 15) is 9.90 Å². The smallest absolute Gasteiger partial charge is 0.323 e. The standard InChI is InChI=1S/C11H14ClNO3/c1-8(14)6-13(7-11(15)16)10-4-2-3-9(12)5-10/h2-5,8,14H,6-7H2,1H3,(H,15,16). The Kier molecular flexibility index (Phi) is 4.58. The van der Waals surface area contributed by atoms with Crippen LogP contribution < -0.4 is 4.90 Å². The normalized spacial score (nSPS) is 12.2. The molecule has 0 heterocycles. The number of rotatable bonds is 5. The Bertz CT molecular complexity index is 368. The zero-order chi connectivity index (χ0) is 12.1. The number of aliphatic hydroxyl groups excluding tert-OH is 1. The third-order valence-electron chi connectivity index (χ3n) is 1.98. The van der Waals surface area contributed by atoms with Crippen LogP contribution in [0.4, 0.5) is 5.69 Å². The second-order valence-corrected chi connectivity index (χ2v) is 4.04. The fourth-order valence-electron chi connectivity index (χ4n) is 1.42. The molecule has 0 aliphatic rings. The highest BCUT2D eigenvalue weighted by atomic mass is 35.5. The van der Waals surface area contributed by atoms with Crippen molar-refractivity contribution in [3.05, 3.63) is 29.3 Å². The van der Waals surface area contributed by atoms with Gasteiger partial charge < -0.3 is 15.1 Å². The van der Waals surface area contributed by atoms with Crippen molar-refractivity contribution in [2.24, 2.45) is 0 Å². The van der Waals surface area contributed by atoms with Crippen LogP contribution in [0.3, 0.4) is 0 Å². The van der Waals surface area contributed by atoms with Crippen molar-refractivity contribution in [3.8, 4) is 0 Å². The van der Waals surface area contributed by atoms with E-state index in [0.29, 0.717) is 10.7 Å². The zero-order valence-electron chi connectivity index (χ0n) is 8.93. The molecular formula is C11H14ClNO3. The molecule has 0 spiro atoms. The lowest BCUT2D eigenvalue weighted by Gasteiger charge is -2.24. The van der Waals surface area contributed by atoms with E-state index in [1.807, 2.05) is 0 Å². The monoisotopic (exact) mass is 243 g/mol. The minimum Gasteiger partial charge on any atom is -0.480 e. The molecule has 2 N–H and O–H groups in total. The Hall–Kier alpha value is -1.26. The van der Waals surface area contributed by atoms with Crippen molar-refractivity contribution >= 4 is 23.3 Å². The molecule has 0 radical (unpaired) electrons. The second-order valence-electron chi connectivity index (χ2n) is 3.60. The molecule has 0 aromatic heterocycles. The molecule has 1 aromatic carbocycles. The van der Waals surface area contributed by atoms with E-state index in [0.717, 1.165) is 0 Å². The summed E-state index contributed by atoms with van der Waals surface area (Å²) in [5, 5.41) is 18.6. The van der Waals surface area contributed by atoms with E-state index in [4.69, 9.17) is 16.7 Å². The molecule has 0 saturated carbocycles. The minimum atomic E-state index is -0.944. The van der Waals surface area contributed by atoms with Gasteiger partial charge in [0.15, 0.2) is 0 Å². The van der Waals surface area contributed by atoms with Gasteiger partial charge in [0.1, 0.15) is 6.54 Å². The van der Waals surface area contributed by atoms with Crippen LogP contribution in [0.15, 0.2) is 24.3 Å². The van der Waals surface area contributed by atoms with Gasteiger partial charge in [-0.1, -0.05) is 17.7 Å². The SMILES string of the molecule is CC(O)CN(CC(=O)O)c1cccc(Cl)c1. The Morgan fingerprint density at radius 3 is 2.75 bits per heavy atom. The van der Waals surface area contributed by atoms with Gasteiger partial charge in [-0.25, -0.2) is 0 Å². The summed E-state index contributed by atoms with van der Waals surface area (Å²) in [5.74, 6) is -0.944. The molecule has 4 nitrogen and oxygen atoms in total.